The standard InChI is InChI=1S/C18H19ClN2O3/c1-2-12-23-18-16(15(19)17(22)24-18)21-10-8-20(9-11-21)13-14-6-4-3-5-7-14/h1,3-7,18H,8-13H2. The van der Waals surface area contributed by atoms with Gasteiger partial charge in [0.1, 0.15) is 12.3 Å². The quantitative estimate of drug-likeness (QED) is 0.600. The minimum absolute atomic E-state index is 0.0690. The van der Waals surface area contributed by atoms with Gasteiger partial charge >= 0.3 is 5.97 Å². The topological polar surface area (TPSA) is 42.0 Å². The average molecular weight is 347 g/mol. The zero-order valence-corrected chi connectivity index (χ0v) is 14.0. The van der Waals surface area contributed by atoms with E-state index in [-0.39, 0.29) is 11.6 Å². The van der Waals surface area contributed by atoms with Crippen LogP contribution in [-0.4, -0.2) is 54.8 Å². The van der Waals surface area contributed by atoms with E-state index in [1.165, 1.54) is 5.56 Å². The number of nitrogens with zero attached hydrogens (tertiary/aromatic N) is 2. The summed E-state index contributed by atoms with van der Waals surface area (Å²) < 4.78 is 10.6. The first-order valence-electron chi connectivity index (χ1n) is 7.86. The van der Waals surface area contributed by atoms with Crippen molar-refractivity contribution in [3.63, 3.8) is 0 Å². The molecule has 0 N–H and O–H groups in total. The molecule has 0 aromatic heterocycles. The van der Waals surface area contributed by atoms with Crippen molar-refractivity contribution in [1.29, 1.82) is 0 Å². The number of benzene rings is 1. The first kappa shape index (κ1) is 16.8. The van der Waals surface area contributed by atoms with Crippen LogP contribution in [0.1, 0.15) is 5.56 Å². The van der Waals surface area contributed by atoms with Gasteiger partial charge in [-0.3, -0.25) is 4.90 Å². The monoisotopic (exact) mass is 346 g/mol. The number of cyclic esters (lactones) is 1. The molecule has 24 heavy (non-hydrogen) atoms. The highest BCUT2D eigenvalue weighted by molar-refractivity contribution is 6.42. The number of carbonyl (C=O) groups is 1. The maximum atomic E-state index is 11.7. The molecule has 6 heteroatoms. The van der Waals surface area contributed by atoms with E-state index in [1.807, 2.05) is 18.2 Å². The number of esters is 1. The van der Waals surface area contributed by atoms with Gasteiger partial charge in [-0.25, -0.2) is 4.79 Å². The molecule has 2 heterocycles. The average Bonchev–Trinajstić information content (AvgIpc) is 2.89. The fourth-order valence-corrected chi connectivity index (χ4v) is 3.18. The van der Waals surface area contributed by atoms with Gasteiger partial charge in [0.05, 0.1) is 0 Å². The lowest BCUT2D eigenvalue weighted by atomic mass is 10.2. The van der Waals surface area contributed by atoms with Crippen molar-refractivity contribution in [2.45, 2.75) is 12.8 Å². The number of hydrogen-bond acceptors (Lipinski definition) is 5. The summed E-state index contributed by atoms with van der Waals surface area (Å²) in [7, 11) is 0. The maximum Gasteiger partial charge on any atom is 0.354 e. The molecule has 5 nitrogen and oxygen atoms in total. The summed E-state index contributed by atoms with van der Waals surface area (Å²) >= 11 is 6.12. The predicted octanol–water partition coefficient (Wildman–Crippen LogP) is 1.79. The summed E-state index contributed by atoms with van der Waals surface area (Å²) in [6.07, 6.45) is 4.40. The highest BCUT2D eigenvalue weighted by Gasteiger charge is 2.38. The molecule has 2 aliphatic rings. The third kappa shape index (κ3) is 3.73. The van der Waals surface area contributed by atoms with E-state index >= 15 is 0 Å². The number of hydrogen-bond donors (Lipinski definition) is 0. The van der Waals surface area contributed by atoms with Crippen LogP contribution in [0.25, 0.3) is 0 Å². The summed E-state index contributed by atoms with van der Waals surface area (Å²) in [5.41, 5.74) is 1.88. The molecular formula is C18H19ClN2O3. The number of carbonyl (C=O) groups excluding carboxylic acids is 1. The lowest BCUT2D eigenvalue weighted by Crippen LogP contribution is -2.47. The van der Waals surface area contributed by atoms with Gasteiger partial charge in [0, 0.05) is 32.7 Å². The minimum atomic E-state index is -0.804. The van der Waals surface area contributed by atoms with Gasteiger partial charge < -0.3 is 14.4 Å². The number of ether oxygens (including phenoxy) is 2. The molecule has 126 valence electrons. The first-order chi connectivity index (χ1) is 11.7. The lowest BCUT2D eigenvalue weighted by Gasteiger charge is -2.37. The largest absolute Gasteiger partial charge is 0.425 e. The highest BCUT2D eigenvalue weighted by atomic mass is 35.5. The van der Waals surface area contributed by atoms with Crippen molar-refractivity contribution in [2.24, 2.45) is 0 Å². The van der Waals surface area contributed by atoms with E-state index < -0.39 is 12.3 Å². The molecule has 3 rings (SSSR count). The summed E-state index contributed by atoms with van der Waals surface area (Å²) in [6.45, 7) is 4.24. The van der Waals surface area contributed by atoms with E-state index in [0.717, 1.165) is 32.7 Å². The molecule has 1 aromatic rings. The zero-order valence-electron chi connectivity index (χ0n) is 13.3. The van der Waals surface area contributed by atoms with Gasteiger partial charge in [0.2, 0.25) is 6.29 Å². The Balaban J connectivity index is 1.61. The predicted molar refractivity (Wildman–Crippen MR) is 90.8 cm³/mol. The normalized spacial score (nSPS) is 21.8. The van der Waals surface area contributed by atoms with Crippen LogP contribution < -0.4 is 0 Å². The van der Waals surface area contributed by atoms with Crippen LogP contribution in [-0.2, 0) is 20.8 Å². The van der Waals surface area contributed by atoms with Crippen molar-refractivity contribution in [2.75, 3.05) is 32.8 Å². The third-order valence-electron chi connectivity index (χ3n) is 4.12. The van der Waals surface area contributed by atoms with E-state index in [1.54, 1.807) is 0 Å². The van der Waals surface area contributed by atoms with Crippen molar-refractivity contribution in [1.82, 2.24) is 9.80 Å². The van der Waals surface area contributed by atoms with Gasteiger partial charge in [-0.2, -0.15) is 0 Å². The van der Waals surface area contributed by atoms with Crippen LogP contribution in [0.2, 0.25) is 0 Å². The van der Waals surface area contributed by atoms with E-state index in [4.69, 9.17) is 27.5 Å². The molecule has 0 radical (unpaired) electrons. The fourth-order valence-electron chi connectivity index (χ4n) is 2.93. The van der Waals surface area contributed by atoms with Crippen molar-refractivity contribution >= 4 is 17.6 Å². The molecular weight excluding hydrogens is 328 g/mol. The molecule has 0 spiro atoms. The second-order valence-electron chi connectivity index (χ2n) is 5.70. The highest BCUT2D eigenvalue weighted by Crippen LogP contribution is 2.30. The molecule has 0 aliphatic carbocycles. The second-order valence-corrected chi connectivity index (χ2v) is 6.08. The number of piperazine rings is 1. The van der Waals surface area contributed by atoms with E-state index in [2.05, 4.69) is 27.9 Å². The Hall–Kier alpha value is -2.00. The van der Waals surface area contributed by atoms with Gasteiger partial charge in [0.15, 0.2) is 5.03 Å². The van der Waals surface area contributed by atoms with Crippen LogP contribution in [0.15, 0.2) is 41.1 Å². The van der Waals surface area contributed by atoms with Crippen molar-refractivity contribution in [3.8, 4) is 12.3 Å². The van der Waals surface area contributed by atoms with E-state index in [0.29, 0.717) is 5.70 Å². The Kier molecular flexibility index (Phi) is 5.41. The molecule has 0 saturated carbocycles. The number of terminal acetylenes is 1. The second kappa shape index (κ2) is 7.71. The Morgan fingerprint density at radius 2 is 1.96 bits per heavy atom. The van der Waals surface area contributed by atoms with Crippen molar-refractivity contribution in [3.05, 3.63) is 46.6 Å². The van der Waals surface area contributed by atoms with Crippen LogP contribution in [0.3, 0.4) is 0 Å². The molecule has 1 saturated heterocycles. The van der Waals surface area contributed by atoms with E-state index in [9.17, 15) is 4.79 Å². The smallest absolute Gasteiger partial charge is 0.354 e. The molecule has 0 bridgehead atoms. The van der Waals surface area contributed by atoms with Gasteiger partial charge in [-0.1, -0.05) is 47.9 Å². The Labute approximate surface area is 146 Å². The van der Waals surface area contributed by atoms with Crippen LogP contribution in [0.4, 0.5) is 0 Å². The maximum absolute atomic E-state index is 11.7. The van der Waals surface area contributed by atoms with Gasteiger partial charge in [-0.15, -0.1) is 6.42 Å². The molecule has 1 unspecified atom stereocenters. The lowest BCUT2D eigenvalue weighted by molar-refractivity contribution is -0.159. The fraction of sp³-hybridized carbons (Fsp3) is 0.389. The molecule has 2 aliphatic heterocycles. The minimum Gasteiger partial charge on any atom is -0.425 e. The zero-order chi connectivity index (χ0) is 16.9. The molecule has 1 atom stereocenters. The van der Waals surface area contributed by atoms with Crippen LogP contribution in [0.5, 0.6) is 0 Å². The number of rotatable bonds is 5. The Morgan fingerprint density at radius 1 is 1.25 bits per heavy atom. The van der Waals surface area contributed by atoms with Gasteiger partial charge in [0.25, 0.3) is 0 Å². The van der Waals surface area contributed by atoms with Gasteiger partial charge in [-0.05, 0) is 5.56 Å². The SMILES string of the molecule is C#CCOC1OC(=O)C(Cl)=C1N1CCN(Cc2ccccc2)CC1. The Bertz CT molecular complexity index is 661. The summed E-state index contributed by atoms with van der Waals surface area (Å²) in [5.74, 6) is 1.82. The molecule has 1 aromatic carbocycles. The first-order valence-corrected chi connectivity index (χ1v) is 8.24. The molecule has 0 amide bonds. The molecule has 1 fully saturated rings. The van der Waals surface area contributed by atoms with Crippen LogP contribution >= 0.6 is 11.6 Å². The van der Waals surface area contributed by atoms with Crippen LogP contribution in [0, 0.1) is 12.3 Å². The number of halogens is 1. The third-order valence-corrected chi connectivity index (χ3v) is 4.47. The Morgan fingerprint density at radius 3 is 2.62 bits per heavy atom. The summed E-state index contributed by atoms with van der Waals surface area (Å²) in [4.78, 5) is 16.1. The summed E-state index contributed by atoms with van der Waals surface area (Å²) in [5, 5.41) is 0.0912. The van der Waals surface area contributed by atoms with Crippen molar-refractivity contribution < 1.29 is 14.3 Å². The summed E-state index contributed by atoms with van der Waals surface area (Å²) in [6, 6.07) is 10.4.